The molecule has 1 amide bonds. The molecule has 1 saturated heterocycles. The Bertz CT molecular complexity index is 810. The van der Waals surface area contributed by atoms with Crippen molar-refractivity contribution in [1.29, 1.82) is 0 Å². The number of anilines is 2. The van der Waals surface area contributed by atoms with E-state index in [1.807, 2.05) is 25.1 Å². The molecule has 5 nitrogen and oxygen atoms in total. The van der Waals surface area contributed by atoms with E-state index in [4.69, 9.17) is 16.3 Å². The minimum absolute atomic E-state index is 0.00165. The third-order valence-corrected chi connectivity index (χ3v) is 5.31. The van der Waals surface area contributed by atoms with Crippen LogP contribution in [-0.2, 0) is 4.79 Å². The molecule has 1 atom stereocenters. The Labute approximate surface area is 163 Å². The standard InChI is InChI=1S/C20H23ClFN3O2/c1-14(20(26)23-15-7-8-17(22)16(21)13-15)24-9-11-25(12-10-24)18-5-3-4-6-19(18)27-2/h3-8,13-14H,9-12H2,1-2H3,(H,23,26)/p+1/t14-/m1/s1. The molecule has 0 aromatic heterocycles. The molecule has 0 radical (unpaired) electrons. The maximum absolute atomic E-state index is 13.3. The zero-order valence-corrected chi connectivity index (χ0v) is 16.2. The van der Waals surface area contributed by atoms with Gasteiger partial charge in [0.25, 0.3) is 5.91 Å². The Morgan fingerprint density at radius 2 is 1.96 bits per heavy atom. The van der Waals surface area contributed by atoms with Crippen molar-refractivity contribution in [3.8, 4) is 5.75 Å². The van der Waals surface area contributed by atoms with Gasteiger partial charge in [0, 0.05) is 5.69 Å². The van der Waals surface area contributed by atoms with Gasteiger partial charge in [0.15, 0.2) is 6.04 Å². The first-order chi connectivity index (χ1) is 13.0. The van der Waals surface area contributed by atoms with Crippen LogP contribution in [0.15, 0.2) is 42.5 Å². The number of carbonyl (C=O) groups excluding carboxylic acids is 1. The van der Waals surface area contributed by atoms with Gasteiger partial charge in [-0.2, -0.15) is 0 Å². The number of quaternary nitrogens is 1. The lowest BCUT2D eigenvalue weighted by Gasteiger charge is -2.36. The van der Waals surface area contributed by atoms with Gasteiger partial charge in [0.1, 0.15) is 11.6 Å². The van der Waals surface area contributed by atoms with Gasteiger partial charge in [-0.3, -0.25) is 4.79 Å². The summed E-state index contributed by atoms with van der Waals surface area (Å²) in [5, 5.41) is 2.82. The van der Waals surface area contributed by atoms with Crippen LogP contribution in [0.25, 0.3) is 0 Å². The molecule has 2 N–H and O–H groups in total. The summed E-state index contributed by atoms with van der Waals surface area (Å²) in [6, 6.07) is 11.9. The van der Waals surface area contributed by atoms with Crippen LogP contribution >= 0.6 is 11.6 Å². The predicted octanol–water partition coefficient (Wildman–Crippen LogP) is 2.22. The van der Waals surface area contributed by atoms with Crippen molar-refractivity contribution in [2.45, 2.75) is 13.0 Å². The number of methoxy groups -OCH3 is 1. The fraction of sp³-hybridized carbons (Fsp3) is 0.350. The molecule has 0 bridgehead atoms. The van der Waals surface area contributed by atoms with Gasteiger partial charge in [-0.25, -0.2) is 4.39 Å². The maximum Gasteiger partial charge on any atom is 0.282 e. The lowest BCUT2D eigenvalue weighted by atomic mass is 10.2. The molecule has 1 aliphatic rings. The van der Waals surface area contributed by atoms with Crippen molar-refractivity contribution >= 4 is 28.9 Å². The quantitative estimate of drug-likeness (QED) is 0.820. The van der Waals surface area contributed by atoms with Crippen molar-refractivity contribution < 1.29 is 18.8 Å². The summed E-state index contributed by atoms with van der Waals surface area (Å²) >= 11 is 5.78. The molecule has 3 rings (SSSR count). The Morgan fingerprint density at radius 1 is 1.26 bits per heavy atom. The SMILES string of the molecule is COc1ccccc1N1CC[NH+]([C@H](C)C(=O)Nc2ccc(F)c(Cl)c2)CC1. The smallest absolute Gasteiger partial charge is 0.282 e. The molecule has 27 heavy (non-hydrogen) atoms. The number of halogens is 2. The number of benzene rings is 2. The van der Waals surface area contributed by atoms with Gasteiger partial charge in [0.05, 0.1) is 44.0 Å². The zero-order valence-electron chi connectivity index (χ0n) is 15.5. The van der Waals surface area contributed by atoms with E-state index in [1.165, 1.54) is 23.1 Å². The van der Waals surface area contributed by atoms with Crippen LogP contribution in [0, 0.1) is 5.82 Å². The summed E-state index contributed by atoms with van der Waals surface area (Å²) in [5.41, 5.74) is 1.59. The van der Waals surface area contributed by atoms with E-state index in [0.29, 0.717) is 5.69 Å². The van der Waals surface area contributed by atoms with Gasteiger partial charge in [-0.15, -0.1) is 0 Å². The molecular weight excluding hydrogens is 369 g/mol. The molecule has 0 spiro atoms. The van der Waals surface area contributed by atoms with E-state index in [0.717, 1.165) is 37.6 Å². The number of nitrogens with one attached hydrogen (secondary N) is 2. The largest absolute Gasteiger partial charge is 0.495 e. The number of amides is 1. The summed E-state index contributed by atoms with van der Waals surface area (Å²) in [7, 11) is 1.68. The second-order valence-corrected chi connectivity index (χ2v) is 7.06. The Morgan fingerprint density at radius 3 is 2.63 bits per heavy atom. The molecule has 7 heteroatoms. The van der Waals surface area contributed by atoms with E-state index in [2.05, 4.69) is 16.3 Å². The molecule has 1 fully saturated rings. The fourth-order valence-electron chi connectivity index (χ4n) is 3.37. The van der Waals surface area contributed by atoms with Crippen LogP contribution < -0.4 is 19.9 Å². The molecule has 2 aromatic carbocycles. The van der Waals surface area contributed by atoms with E-state index < -0.39 is 5.82 Å². The molecular formula is C20H24ClFN3O2+. The van der Waals surface area contributed by atoms with Crippen molar-refractivity contribution in [3.63, 3.8) is 0 Å². The van der Waals surface area contributed by atoms with Gasteiger partial charge in [0.2, 0.25) is 0 Å². The molecule has 144 valence electrons. The van der Waals surface area contributed by atoms with E-state index in [1.54, 1.807) is 7.11 Å². The average molecular weight is 393 g/mol. The molecule has 1 heterocycles. The highest BCUT2D eigenvalue weighted by atomic mass is 35.5. The van der Waals surface area contributed by atoms with Crippen LogP contribution in [0.5, 0.6) is 5.75 Å². The van der Waals surface area contributed by atoms with Crippen molar-refractivity contribution in [2.24, 2.45) is 0 Å². The lowest BCUT2D eigenvalue weighted by molar-refractivity contribution is -0.914. The van der Waals surface area contributed by atoms with Crippen molar-refractivity contribution in [3.05, 3.63) is 53.3 Å². The van der Waals surface area contributed by atoms with E-state index in [9.17, 15) is 9.18 Å². The highest BCUT2D eigenvalue weighted by Gasteiger charge is 2.30. The Hall–Kier alpha value is -2.31. The van der Waals surface area contributed by atoms with Crippen LogP contribution in [0.3, 0.4) is 0 Å². The molecule has 0 aliphatic carbocycles. The van der Waals surface area contributed by atoms with Crippen LogP contribution in [0.4, 0.5) is 15.8 Å². The van der Waals surface area contributed by atoms with Gasteiger partial charge in [-0.1, -0.05) is 23.7 Å². The van der Waals surface area contributed by atoms with Gasteiger partial charge < -0.3 is 19.9 Å². The highest BCUT2D eigenvalue weighted by molar-refractivity contribution is 6.31. The second kappa shape index (κ2) is 8.59. The minimum Gasteiger partial charge on any atom is -0.495 e. The van der Waals surface area contributed by atoms with Crippen LogP contribution in [-0.4, -0.2) is 45.2 Å². The monoisotopic (exact) mass is 392 g/mol. The number of para-hydroxylation sites is 2. The summed E-state index contributed by atoms with van der Waals surface area (Å²) in [6.45, 7) is 5.29. The van der Waals surface area contributed by atoms with Crippen LogP contribution in [0.1, 0.15) is 6.92 Å². The number of carbonyl (C=O) groups is 1. The summed E-state index contributed by atoms with van der Waals surface area (Å²) in [5.74, 6) is 0.263. The number of nitrogens with zero attached hydrogens (tertiary/aromatic N) is 1. The predicted molar refractivity (Wildman–Crippen MR) is 105 cm³/mol. The summed E-state index contributed by atoms with van der Waals surface area (Å²) in [6.07, 6.45) is 0. The van der Waals surface area contributed by atoms with Gasteiger partial charge in [-0.05, 0) is 37.3 Å². The first-order valence-corrected chi connectivity index (χ1v) is 9.36. The fourth-order valence-corrected chi connectivity index (χ4v) is 3.55. The number of hydrogen-bond acceptors (Lipinski definition) is 3. The number of hydrogen-bond donors (Lipinski definition) is 2. The average Bonchev–Trinajstić information content (AvgIpc) is 2.70. The van der Waals surface area contributed by atoms with Gasteiger partial charge >= 0.3 is 0 Å². The minimum atomic E-state index is -0.499. The van der Waals surface area contributed by atoms with Crippen molar-refractivity contribution in [1.82, 2.24) is 0 Å². The Kier molecular flexibility index (Phi) is 6.19. The topological polar surface area (TPSA) is 46.0 Å². The van der Waals surface area contributed by atoms with Crippen LogP contribution in [0.2, 0.25) is 5.02 Å². The normalized spacial score (nSPS) is 16.1. The number of rotatable bonds is 5. The molecule has 1 aliphatic heterocycles. The maximum atomic E-state index is 13.3. The third-order valence-electron chi connectivity index (χ3n) is 5.02. The molecule has 0 unspecified atom stereocenters. The highest BCUT2D eigenvalue weighted by Crippen LogP contribution is 2.27. The summed E-state index contributed by atoms with van der Waals surface area (Å²) < 4.78 is 18.7. The lowest BCUT2D eigenvalue weighted by Crippen LogP contribution is -3.19. The Balaban J connectivity index is 1.58. The first kappa shape index (κ1) is 19.5. The third kappa shape index (κ3) is 4.51. The van der Waals surface area contributed by atoms with E-state index >= 15 is 0 Å². The zero-order chi connectivity index (χ0) is 19.4. The first-order valence-electron chi connectivity index (χ1n) is 8.98. The number of ether oxygens (including phenoxy) is 1. The van der Waals surface area contributed by atoms with Crippen molar-refractivity contribution in [2.75, 3.05) is 43.5 Å². The molecule has 2 aromatic rings. The summed E-state index contributed by atoms with van der Waals surface area (Å²) in [4.78, 5) is 16.1. The molecule has 0 saturated carbocycles. The number of piperazine rings is 1. The second-order valence-electron chi connectivity index (χ2n) is 6.66. The van der Waals surface area contributed by atoms with E-state index in [-0.39, 0.29) is 17.0 Å².